The normalized spacial score (nSPS) is 26.1. The SMILES string of the molecule is COc1ccc(C2C(C(=O)N[C@H]3CCCNC3)CC(=O)N2C)cc1.Cl. The topological polar surface area (TPSA) is 70.7 Å². The van der Waals surface area contributed by atoms with Crippen molar-refractivity contribution >= 4 is 24.2 Å². The first kappa shape index (κ1) is 19.5. The molecule has 1 aromatic carbocycles. The second-order valence-corrected chi connectivity index (χ2v) is 6.59. The first-order valence-electron chi connectivity index (χ1n) is 8.51. The number of hydrogen-bond acceptors (Lipinski definition) is 4. The Hall–Kier alpha value is -1.79. The van der Waals surface area contributed by atoms with Crippen LogP contribution in [0, 0.1) is 5.92 Å². The van der Waals surface area contributed by atoms with Crippen molar-refractivity contribution in [2.75, 3.05) is 27.2 Å². The minimum atomic E-state index is -0.349. The third-order valence-corrected chi connectivity index (χ3v) is 5.02. The lowest BCUT2D eigenvalue weighted by Crippen LogP contribution is -2.48. The van der Waals surface area contributed by atoms with Gasteiger partial charge in [-0.3, -0.25) is 9.59 Å². The third kappa shape index (κ3) is 4.25. The Kier molecular flexibility index (Phi) is 6.67. The van der Waals surface area contributed by atoms with E-state index in [1.807, 2.05) is 24.3 Å². The second kappa shape index (κ2) is 8.54. The van der Waals surface area contributed by atoms with Crippen LogP contribution in [0.25, 0.3) is 0 Å². The summed E-state index contributed by atoms with van der Waals surface area (Å²) in [4.78, 5) is 26.7. The highest BCUT2D eigenvalue weighted by Crippen LogP contribution is 2.37. The van der Waals surface area contributed by atoms with E-state index in [1.54, 1.807) is 19.1 Å². The molecular weight excluding hydrogens is 342 g/mol. The molecule has 2 unspecified atom stereocenters. The van der Waals surface area contributed by atoms with E-state index >= 15 is 0 Å². The van der Waals surface area contributed by atoms with E-state index in [-0.39, 0.29) is 48.6 Å². The number of benzene rings is 1. The molecule has 25 heavy (non-hydrogen) atoms. The third-order valence-electron chi connectivity index (χ3n) is 5.02. The van der Waals surface area contributed by atoms with E-state index in [2.05, 4.69) is 10.6 Å². The van der Waals surface area contributed by atoms with Crippen molar-refractivity contribution in [3.63, 3.8) is 0 Å². The van der Waals surface area contributed by atoms with Crippen LogP contribution in [0.3, 0.4) is 0 Å². The number of nitrogens with one attached hydrogen (secondary N) is 2. The molecule has 0 saturated carbocycles. The highest BCUT2D eigenvalue weighted by atomic mass is 35.5. The summed E-state index contributed by atoms with van der Waals surface area (Å²) in [6, 6.07) is 7.53. The molecule has 7 heteroatoms. The zero-order chi connectivity index (χ0) is 17.1. The molecule has 138 valence electrons. The first-order valence-corrected chi connectivity index (χ1v) is 8.51. The number of amides is 2. The zero-order valence-corrected chi connectivity index (χ0v) is 15.5. The Morgan fingerprint density at radius 2 is 2.04 bits per heavy atom. The van der Waals surface area contributed by atoms with Crippen molar-refractivity contribution in [1.29, 1.82) is 0 Å². The van der Waals surface area contributed by atoms with Crippen molar-refractivity contribution in [3.05, 3.63) is 29.8 Å². The molecule has 3 rings (SSSR count). The molecular formula is C18H26ClN3O3. The van der Waals surface area contributed by atoms with Crippen LogP contribution < -0.4 is 15.4 Å². The number of halogens is 1. The van der Waals surface area contributed by atoms with Crippen LogP contribution >= 0.6 is 12.4 Å². The number of piperidine rings is 1. The van der Waals surface area contributed by atoms with E-state index in [0.717, 1.165) is 37.2 Å². The molecule has 3 atom stereocenters. The molecule has 0 radical (unpaired) electrons. The molecule has 0 aliphatic carbocycles. The molecule has 0 bridgehead atoms. The highest BCUT2D eigenvalue weighted by molar-refractivity contribution is 5.90. The zero-order valence-electron chi connectivity index (χ0n) is 14.7. The summed E-state index contributed by atoms with van der Waals surface area (Å²) in [6.45, 7) is 1.81. The van der Waals surface area contributed by atoms with E-state index in [1.165, 1.54) is 0 Å². The van der Waals surface area contributed by atoms with Gasteiger partial charge < -0.3 is 20.3 Å². The minimum absolute atomic E-state index is 0. The summed E-state index contributed by atoms with van der Waals surface area (Å²) < 4.78 is 5.19. The summed E-state index contributed by atoms with van der Waals surface area (Å²) in [5.74, 6) is 0.401. The second-order valence-electron chi connectivity index (χ2n) is 6.59. The van der Waals surface area contributed by atoms with Gasteiger partial charge >= 0.3 is 0 Å². The lowest BCUT2D eigenvalue weighted by atomic mass is 9.92. The Bertz CT molecular complexity index is 602. The Morgan fingerprint density at radius 3 is 2.64 bits per heavy atom. The molecule has 0 aromatic heterocycles. The van der Waals surface area contributed by atoms with E-state index in [9.17, 15) is 9.59 Å². The molecule has 2 aliphatic rings. The predicted octanol–water partition coefficient (Wildman–Crippen LogP) is 1.50. The average molecular weight is 368 g/mol. The van der Waals surface area contributed by atoms with Gasteiger partial charge in [0, 0.05) is 26.1 Å². The number of ether oxygens (including phenoxy) is 1. The van der Waals surface area contributed by atoms with Crippen molar-refractivity contribution < 1.29 is 14.3 Å². The average Bonchev–Trinajstić information content (AvgIpc) is 2.91. The Morgan fingerprint density at radius 1 is 1.32 bits per heavy atom. The lowest BCUT2D eigenvalue weighted by Gasteiger charge is -2.28. The van der Waals surface area contributed by atoms with Crippen LogP contribution in [0.2, 0.25) is 0 Å². The van der Waals surface area contributed by atoms with Gasteiger partial charge in [0.1, 0.15) is 5.75 Å². The molecule has 2 N–H and O–H groups in total. The fourth-order valence-electron chi connectivity index (χ4n) is 3.65. The van der Waals surface area contributed by atoms with Crippen LogP contribution in [-0.2, 0) is 9.59 Å². The van der Waals surface area contributed by atoms with Gasteiger partial charge in [0.05, 0.1) is 19.1 Å². The molecule has 2 heterocycles. The van der Waals surface area contributed by atoms with Gasteiger partial charge in [0.2, 0.25) is 11.8 Å². The summed E-state index contributed by atoms with van der Waals surface area (Å²) in [5, 5.41) is 6.42. The number of carbonyl (C=O) groups excluding carboxylic acids is 2. The first-order chi connectivity index (χ1) is 11.6. The number of methoxy groups -OCH3 is 1. The predicted molar refractivity (Wildman–Crippen MR) is 97.9 cm³/mol. The van der Waals surface area contributed by atoms with Crippen LogP contribution in [-0.4, -0.2) is 50.0 Å². The van der Waals surface area contributed by atoms with Gasteiger partial charge in [0.25, 0.3) is 0 Å². The fourth-order valence-corrected chi connectivity index (χ4v) is 3.65. The number of nitrogens with zero attached hydrogens (tertiary/aromatic N) is 1. The monoisotopic (exact) mass is 367 g/mol. The van der Waals surface area contributed by atoms with Gasteiger partial charge in [-0.1, -0.05) is 12.1 Å². The van der Waals surface area contributed by atoms with Gasteiger partial charge in [-0.2, -0.15) is 0 Å². The van der Waals surface area contributed by atoms with Crippen molar-refractivity contribution in [1.82, 2.24) is 15.5 Å². The summed E-state index contributed by atoms with van der Waals surface area (Å²) in [5.41, 5.74) is 0.964. The van der Waals surface area contributed by atoms with Gasteiger partial charge in [-0.15, -0.1) is 12.4 Å². The maximum Gasteiger partial charge on any atom is 0.226 e. The largest absolute Gasteiger partial charge is 0.497 e. The standard InChI is InChI=1S/C18H25N3O3.ClH/c1-21-16(22)10-15(18(23)20-13-4-3-9-19-11-13)17(21)12-5-7-14(24-2)8-6-12;/h5-8,13,15,17,19H,3-4,9-11H2,1-2H3,(H,20,23);1H/t13-,15?,17?;/m0./s1. The van der Waals surface area contributed by atoms with Crippen LogP contribution in [0.5, 0.6) is 5.75 Å². The number of hydrogen-bond donors (Lipinski definition) is 2. The summed E-state index contributed by atoms with van der Waals surface area (Å²) in [7, 11) is 3.39. The van der Waals surface area contributed by atoms with Crippen molar-refractivity contribution in [3.8, 4) is 5.75 Å². The smallest absolute Gasteiger partial charge is 0.226 e. The van der Waals surface area contributed by atoms with Crippen LogP contribution in [0.15, 0.2) is 24.3 Å². The number of carbonyl (C=O) groups is 2. The quantitative estimate of drug-likeness (QED) is 0.846. The molecule has 2 saturated heterocycles. The molecule has 1 aromatic rings. The molecule has 2 amide bonds. The number of likely N-dealkylation sites (tertiary alicyclic amines) is 1. The summed E-state index contributed by atoms with van der Waals surface area (Å²) >= 11 is 0. The van der Waals surface area contributed by atoms with Crippen LogP contribution in [0.1, 0.15) is 30.9 Å². The summed E-state index contributed by atoms with van der Waals surface area (Å²) in [6.07, 6.45) is 2.32. The van der Waals surface area contributed by atoms with Crippen LogP contribution in [0.4, 0.5) is 0 Å². The molecule has 0 spiro atoms. The fraction of sp³-hybridized carbons (Fsp3) is 0.556. The maximum absolute atomic E-state index is 12.8. The minimum Gasteiger partial charge on any atom is -0.497 e. The molecule has 2 aliphatic heterocycles. The molecule has 2 fully saturated rings. The highest BCUT2D eigenvalue weighted by Gasteiger charge is 2.43. The Labute approximate surface area is 154 Å². The van der Waals surface area contributed by atoms with E-state index < -0.39 is 0 Å². The van der Waals surface area contributed by atoms with Crippen molar-refractivity contribution in [2.24, 2.45) is 5.92 Å². The van der Waals surface area contributed by atoms with E-state index in [4.69, 9.17) is 4.74 Å². The van der Waals surface area contributed by atoms with Gasteiger partial charge in [-0.05, 0) is 37.1 Å². The molecule has 6 nitrogen and oxygen atoms in total. The Balaban J connectivity index is 0.00000225. The van der Waals surface area contributed by atoms with Gasteiger partial charge in [-0.25, -0.2) is 0 Å². The van der Waals surface area contributed by atoms with Crippen molar-refractivity contribution in [2.45, 2.75) is 31.3 Å². The van der Waals surface area contributed by atoms with E-state index in [0.29, 0.717) is 0 Å². The van der Waals surface area contributed by atoms with Gasteiger partial charge in [0.15, 0.2) is 0 Å². The maximum atomic E-state index is 12.8. The number of rotatable bonds is 4. The lowest BCUT2D eigenvalue weighted by molar-refractivity contribution is -0.128.